The highest BCUT2D eigenvalue weighted by Crippen LogP contribution is 2.26. The van der Waals surface area contributed by atoms with Gasteiger partial charge in [0.15, 0.2) is 0 Å². The van der Waals surface area contributed by atoms with Crippen molar-refractivity contribution in [1.82, 2.24) is 0 Å². The number of nitrogens with two attached hydrogens (primary N) is 1. The van der Waals surface area contributed by atoms with Crippen LogP contribution in [0.5, 0.6) is 5.75 Å². The van der Waals surface area contributed by atoms with Crippen LogP contribution in [0, 0.1) is 5.92 Å². The molecule has 1 aromatic rings. The molecule has 18 heavy (non-hydrogen) atoms. The molecule has 4 nitrogen and oxygen atoms in total. The lowest BCUT2D eigenvalue weighted by Gasteiger charge is -2.15. The van der Waals surface area contributed by atoms with E-state index in [1.165, 1.54) is 0 Å². The Balaban J connectivity index is 0.00000162. The predicted molar refractivity (Wildman–Crippen MR) is 74.2 cm³/mol. The quantitative estimate of drug-likeness (QED) is 0.885. The third-order valence-electron chi connectivity index (χ3n) is 3.24. The molecule has 0 aliphatic heterocycles. The highest BCUT2D eigenvalue weighted by Gasteiger charge is 2.30. The Morgan fingerprint density at radius 3 is 2.83 bits per heavy atom. The minimum atomic E-state index is -0.0544. The molecule has 0 radical (unpaired) electrons. The minimum absolute atomic E-state index is 0. The fraction of sp³-hybridized carbons (Fsp3) is 0.462. The molecule has 3 N–H and O–H groups in total. The van der Waals surface area contributed by atoms with Gasteiger partial charge in [0.2, 0.25) is 5.91 Å². The average molecular weight is 271 g/mol. The first kappa shape index (κ1) is 14.8. The predicted octanol–water partition coefficient (Wildman–Crippen LogP) is 2.18. The maximum atomic E-state index is 12.0. The Morgan fingerprint density at radius 1 is 1.44 bits per heavy atom. The van der Waals surface area contributed by atoms with E-state index in [0.29, 0.717) is 0 Å². The van der Waals surface area contributed by atoms with Gasteiger partial charge in [-0.2, -0.15) is 0 Å². The minimum Gasteiger partial charge on any atom is -0.497 e. The van der Waals surface area contributed by atoms with Crippen molar-refractivity contribution in [3.05, 3.63) is 24.3 Å². The van der Waals surface area contributed by atoms with Crippen LogP contribution in [0.15, 0.2) is 24.3 Å². The summed E-state index contributed by atoms with van der Waals surface area (Å²) in [5.41, 5.74) is 6.66. The second kappa shape index (κ2) is 6.61. The molecule has 2 unspecified atom stereocenters. The summed E-state index contributed by atoms with van der Waals surface area (Å²) in [6, 6.07) is 7.35. The van der Waals surface area contributed by atoms with Gasteiger partial charge in [0.25, 0.3) is 0 Å². The molecule has 1 aliphatic rings. The summed E-state index contributed by atoms with van der Waals surface area (Å²) in [4.78, 5) is 12.0. The third kappa shape index (κ3) is 3.37. The smallest absolute Gasteiger partial charge is 0.229 e. The van der Waals surface area contributed by atoms with Gasteiger partial charge in [0, 0.05) is 17.8 Å². The van der Waals surface area contributed by atoms with E-state index >= 15 is 0 Å². The van der Waals surface area contributed by atoms with Crippen molar-refractivity contribution in [1.29, 1.82) is 0 Å². The van der Waals surface area contributed by atoms with Gasteiger partial charge >= 0.3 is 0 Å². The van der Waals surface area contributed by atoms with E-state index in [1.807, 2.05) is 18.2 Å². The van der Waals surface area contributed by atoms with E-state index in [9.17, 15) is 4.79 Å². The molecule has 1 aromatic carbocycles. The lowest BCUT2D eigenvalue weighted by Crippen LogP contribution is -2.34. The number of hydrogen-bond acceptors (Lipinski definition) is 3. The van der Waals surface area contributed by atoms with Crippen molar-refractivity contribution in [3.63, 3.8) is 0 Å². The van der Waals surface area contributed by atoms with Crippen LogP contribution in [-0.4, -0.2) is 19.1 Å². The molecule has 0 aromatic heterocycles. The summed E-state index contributed by atoms with van der Waals surface area (Å²) in [6.07, 6.45) is 2.87. The molecular formula is C13H19ClN2O2. The monoisotopic (exact) mass is 270 g/mol. The van der Waals surface area contributed by atoms with Crippen LogP contribution in [-0.2, 0) is 4.79 Å². The summed E-state index contributed by atoms with van der Waals surface area (Å²) in [5, 5.41) is 2.89. The topological polar surface area (TPSA) is 64.3 Å². The molecule has 5 heteroatoms. The van der Waals surface area contributed by atoms with Crippen molar-refractivity contribution in [3.8, 4) is 5.75 Å². The molecule has 1 saturated carbocycles. The molecule has 100 valence electrons. The molecule has 2 atom stereocenters. The fourth-order valence-corrected chi connectivity index (χ4v) is 2.25. The highest BCUT2D eigenvalue weighted by atomic mass is 35.5. The number of anilines is 1. The lowest BCUT2D eigenvalue weighted by molar-refractivity contribution is -0.120. The van der Waals surface area contributed by atoms with E-state index in [2.05, 4.69) is 5.32 Å². The Labute approximate surface area is 113 Å². The standard InChI is InChI=1S/C13H18N2O2.ClH/c1-17-10-5-2-4-9(8-10)15-13(16)11-6-3-7-12(11)14;/h2,4-5,8,11-12H,3,6-7,14H2,1H3,(H,15,16);1H. The Morgan fingerprint density at radius 2 is 2.22 bits per heavy atom. The van der Waals surface area contributed by atoms with Gasteiger partial charge in [-0.3, -0.25) is 4.79 Å². The average Bonchev–Trinajstić information content (AvgIpc) is 2.76. The lowest BCUT2D eigenvalue weighted by atomic mass is 10.0. The first-order chi connectivity index (χ1) is 8.20. The number of carbonyl (C=O) groups excluding carboxylic acids is 1. The molecule has 0 bridgehead atoms. The van der Waals surface area contributed by atoms with Crippen LogP contribution in [0.2, 0.25) is 0 Å². The van der Waals surface area contributed by atoms with Gasteiger partial charge < -0.3 is 15.8 Å². The maximum absolute atomic E-state index is 12.0. The summed E-state index contributed by atoms with van der Waals surface area (Å²) in [7, 11) is 1.60. The summed E-state index contributed by atoms with van der Waals surface area (Å²) < 4.78 is 5.11. The van der Waals surface area contributed by atoms with E-state index < -0.39 is 0 Å². The van der Waals surface area contributed by atoms with Crippen LogP contribution < -0.4 is 15.8 Å². The zero-order valence-electron chi connectivity index (χ0n) is 10.4. The number of nitrogens with one attached hydrogen (secondary N) is 1. The van der Waals surface area contributed by atoms with Crippen molar-refractivity contribution >= 4 is 24.0 Å². The number of rotatable bonds is 3. The van der Waals surface area contributed by atoms with Crippen molar-refractivity contribution in [2.75, 3.05) is 12.4 Å². The Bertz CT molecular complexity index is 412. The summed E-state index contributed by atoms with van der Waals surface area (Å²) in [5.74, 6) is 0.697. The molecule has 1 amide bonds. The first-order valence-corrected chi connectivity index (χ1v) is 5.91. The number of ether oxygens (including phenoxy) is 1. The SMILES string of the molecule is COc1cccc(NC(=O)C2CCCC2N)c1.Cl. The molecule has 1 aliphatic carbocycles. The Hall–Kier alpha value is -1.26. The number of halogens is 1. The van der Waals surface area contributed by atoms with Crippen LogP contribution in [0.3, 0.4) is 0 Å². The van der Waals surface area contributed by atoms with Crippen molar-refractivity contribution in [2.24, 2.45) is 11.7 Å². The molecular weight excluding hydrogens is 252 g/mol. The van der Waals surface area contributed by atoms with Gasteiger partial charge in [-0.25, -0.2) is 0 Å². The second-order valence-corrected chi connectivity index (χ2v) is 4.42. The molecule has 0 saturated heterocycles. The van der Waals surface area contributed by atoms with Crippen LogP contribution in [0.4, 0.5) is 5.69 Å². The number of amides is 1. The van der Waals surface area contributed by atoms with Gasteiger partial charge in [0.05, 0.1) is 13.0 Å². The summed E-state index contributed by atoms with van der Waals surface area (Å²) >= 11 is 0. The number of hydrogen-bond donors (Lipinski definition) is 2. The van der Waals surface area contributed by atoms with E-state index in [4.69, 9.17) is 10.5 Å². The van der Waals surface area contributed by atoms with E-state index in [1.54, 1.807) is 13.2 Å². The van der Waals surface area contributed by atoms with Crippen molar-refractivity contribution < 1.29 is 9.53 Å². The fourth-order valence-electron chi connectivity index (χ4n) is 2.25. The molecule has 0 spiro atoms. The third-order valence-corrected chi connectivity index (χ3v) is 3.24. The van der Waals surface area contributed by atoms with E-state index in [-0.39, 0.29) is 30.3 Å². The number of methoxy groups -OCH3 is 1. The number of benzene rings is 1. The van der Waals surface area contributed by atoms with Gasteiger partial charge in [-0.1, -0.05) is 12.5 Å². The number of carbonyl (C=O) groups is 1. The van der Waals surface area contributed by atoms with Gasteiger partial charge in [-0.15, -0.1) is 12.4 Å². The van der Waals surface area contributed by atoms with Gasteiger partial charge in [-0.05, 0) is 25.0 Å². The van der Waals surface area contributed by atoms with Crippen LogP contribution >= 0.6 is 12.4 Å². The zero-order valence-corrected chi connectivity index (χ0v) is 11.2. The van der Waals surface area contributed by atoms with Gasteiger partial charge in [0.1, 0.15) is 5.75 Å². The highest BCUT2D eigenvalue weighted by molar-refractivity contribution is 5.93. The normalized spacial score (nSPS) is 22.1. The maximum Gasteiger partial charge on any atom is 0.229 e. The molecule has 0 heterocycles. The zero-order chi connectivity index (χ0) is 12.3. The van der Waals surface area contributed by atoms with Crippen LogP contribution in [0.1, 0.15) is 19.3 Å². The second-order valence-electron chi connectivity index (χ2n) is 4.42. The van der Waals surface area contributed by atoms with E-state index in [0.717, 1.165) is 30.7 Å². The first-order valence-electron chi connectivity index (χ1n) is 5.91. The largest absolute Gasteiger partial charge is 0.497 e. The Kier molecular flexibility index (Phi) is 5.44. The molecule has 2 rings (SSSR count). The summed E-state index contributed by atoms with van der Waals surface area (Å²) in [6.45, 7) is 0. The molecule has 1 fully saturated rings. The van der Waals surface area contributed by atoms with Crippen molar-refractivity contribution in [2.45, 2.75) is 25.3 Å². The van der Waals surface area contributed by atoms with Crippen LogP contribution in [0.25, 0.3) is 0 Å².